The van der Waals surface area contributed by atoms with Crippen LogP contribution >= 0.6 is 11.6 Å². The van der Waals surface area contributed by atoms with Crippen molar-refractivity contribution in [1.29, 1.82) is 0 Å². The lowest BCUT2D eigenvalue weighted by Crippen LogP contribution is -2.37. The maximum atomic E-state index is 12.9. The Balaban J connectivity index is 2.36. The van der Waals surface area contributed by atoms with Gasteiger partial charge in [0, 0.05) is 18.1 Å². The Bertz CT molecular complexity index is 800. The van der Waals surface area contributed by atoms with Gasteiger partial charge in [-0.1, -0.05) is 50.6 Å². The minimum absolute atomic E-state index is 0.182. The second-order valence-electron chi connectivity index (χ2n) is 6.44. The van der Waals surface area contributed by atoms with Crippen molar-refractivity contribution >= 4 is 17.5 Å². The van der Waals surface area contributed by atoms with Gasteiger partial charge in [0.15, 0.2) is 0 Å². The van der Waals surface area contributed by atoms with Crippen LogP contribution < -0.4 is 10.9 Å². The molecule has 1 aromatic carbocycles. The third kappa shape index (κ3) is 4.55. The third-order valence-electron chi connectivity index (χ3n) is 4.59. The van der Waals surface area contributed by atoms with E-state index in [0.29, 0.717) is 6.54 Å². The van der Waals surface area contributed by atoms with E-state index in [-0.39, 0.29) is 29.0 Å². The monoisotopic (exact) mass is 374 g/mol. The first-order valence-electron chi connectivity index (χ1n) is 9.18. The quantitative estimate of drug-likeness (QED) is 0.703. The van der Waals surface area contributed by atoms with Crippen LogP contribution in [0.3, 0.4) is 0 Å². The number of carbonyl (C=O) groups is 1. The number of carbonyl (C=O) groups excluding carboxylic acids is 1. The maximum Gasteiger partial charge on any atom is 0.263 e. The topological polar surface area (TPSA) is 51.1 Å². The SMILES string of the molecule is CCCCn1c(CC)c(C)cc(C(=O)N[C@H](CCl)c2ccccc2)c1=O. The molecule has 0 fully saturated rings. The molecule has 1 N–H and O–H groups in total. The standard InChI is InChI=1S/C21H27ClN2O2/c1-4-6-12-24-19(5-2)15(3)13-17(21(24)26)20(25)23-18(14-22)16-10-8-7-9-11-16/h7-11,13,18H,4-6,12,14H2,1-3H3,(H,23,25)/t18-/m1/s1. The number of aryl methyl sites for hydroxylation is 1. The molecule has 0 unspecified atom stereocenters. The summed E-state index contributed by atoms with van der Waals surface area (Å²) in [6.07, 6.45) is 2.67. The smallest absolute Gasteiger partial charge is 0.263 e. The molecule has 1 heterocycles. The molecular formula is C21H27ClN2O2. The van der Waals surface area contributed by atoms with Gasteiger partial charge in [-0.05, 0) is 37.0 Å². The number of pyridine rings is 1. The first kappa shape index (κ1) is 20.2. The number of hydrogen-bond acceptors (Lipinski definition) is 2. The zero-order chi connectivity index (χ0) is 19.1. The Labute approximate surface area is 160 Å². The maximum absolute atomic E-state index is 12.9. The van der Waals surface area contributed by atoms with Crippen molar-refractivity contribution in [3.8, 4) is 0 Å². The highest BCUT2D eigenvalue weighted by atomic mass is 35.5. The number of amides is 1. The number of unbranched alkanes of at least 4 members (excludes halogenated alkanes) is 1. The van der Waals surface area contributed by atoms with Crippen molar-refractivity contribution in [2.24, 2.45) is 0 Å². The van der Waals surface area contributed by atoms with Gasteiger partial charge in [-0.15, -0.1) is 11.6 Å². The molecule has 0 spiro atoms. The fraction of sp³-hybridized carbons (Fsp3) is 0.429. The number of benzene rings is 1. The number of alkyl halides is 1. The number of rotatable bonds is 8. The second kappa shape index (κ2) is 9.58. The summed E-state index contributed by atoms with van der Waals surface area (Å²) in [4.78, 5) is 25.7. The Morgan fingerprint density at radius 1 is 1.23 bits per heavy atom. The molecule has 1 aromatic heterocycles. The van der Waals surface area contributed by atoms with E-state index in [9.17, 15) is 9.59 Å². The Morgan fingerprint density at radius 3 is 2.50 bits per heavy atom. The lowest BCUT2D eigenvalue weighted by Gasteiger charge is -2.19. The number of nitrogens with zero attached hydrogens (tertiary/aromatic N) is 1. The van der Waals surface area contributed by atoms with Crippen molar-refractivity contribution < 1.29 is 4.79 Å². The minimum Gasteiger partial charge on any atom is -0.344 e. The highest BCUT2D eigenvalue weighted by Crippen LogP contribution is 2.16. The highest BCUT2D eigenvalue weighted by molar-refractivity contribution is 6.18. The largest absolute Gasteiger partial charge is 0.344 e. The molecule has 0 radical (unpaired) electrons. The van der Waals surface area contributed by atoms with E-state index in [0.717, 1.165) is 36.1 Å². The van der Waals surface area contributed by atoms with Gasteiger partial charge in [-0.25, -0.2) is 0 Å². The third-order valence-corrected chi connectivity index (χ3v) is 4.90. The van der Waals surface area contributed by atoms with E-state index in [1.807, 2.05) is 44.2 Å². The molecular weight excluding hydrogens is 348 g/mol. The van der Waals surface area contributed by atoms with Crippen molar-refractivity contribution in [3.05, 3.63) is 69.1 Å². The van der Waals surface area contributed by atoms with E-state index < -0.39 is 0 Å². The second-order valence-corrected chi connectivity index (χ2v) is 6.75. The van der Waals surface area contributed by atoms with Gasteiger partial charge < -0.3 is 9.88 Å². The predicted molar refractivity (Wildman–Crippen MR) is 107 cm³/mol. The van der Waals surface area contributed by atoms with Gasteiger partial charge in [-0.3, -0.25) is 9.59 Å². The van der Waals surface area contributed by atoms with Gasteiger partial charge in [0.25, 0.3) is 11.5 Å². The summed E-state index contributed by atoms with van der Waals surface area (Å²) in [7, 11) is 0. The van der Waals surface area contributed by atoms with Gasteiger partial charge in [0.2, 0.25) is 0 Å². The average molecular weight is 375 g/mol. The normalized spacial score (nSPS) is 12.0. The lowest BCUT2D eigenvalue weighted by atomic mass is 10.1. The molecule has 0 saturated heterocycles. The van der Waals surface area contributed by atoms with Crippen molar-refractivity contribution in [2.75, 3.05) is 5.88 Å². The van der Waals surface area contributed by atoms with Crippen LogP contribution in [-0.2, 0) is 13.0 Å². The number of hydrogen-bond donors (Lipinski definition) is 1. The Morgan fingerprint density at radius 2 is 1.92 bits per heavy atom. The zero-order valence-corrected chi connectivity index (χ0v) is 16.5. The van der Waals surface area contributed by atoms with E-state index in [1.165, 1.54) is 0 Å². The van der Waals surface area contributed by atoms with E-state index >= 15 is 0 Å². The van der Waals surface area contributed by atoms with Crippen LogP contribution in [0.5, 0.6) is 0 Å². The molecule has 4 nitrogen and oxygen atoms in total. The van der Waals surface area contributed by atoms with E-state index in [1.54, 1.807) is 10.6 Å². The summed E-state index contributed by atoms with van der Waals surface area (Å²) < 4.78 is 1.76. The molecule has 0 aliphatic carbocycles. The Hall–Kier alpha value is -2.07. The summed E-state index contributed by atoms with van der Waals surface area (Å²) in [6.45, 7) is 6.71. The van der Waals surface area contributed by atoms with Gasteiger partial charge in [-0.2, -0.15) is 0 Å². The highest BCUT2D eigenvalue weighted by Gasteiger charge is 2.20. The minimum atomic E-state index is -0.375. The number of halogens is 1. The molecule has 5 heteroatoms. The number of aromatic nitrogens is 1. The molecule has 0 aliphatic heterocycles. The average Bonchev–Trinajstić information content (AvgIpc) is 2.66. The van der Waals surface area contributed by atoms with Gasteiger partial charge in [0.1, 0.15) is 5.56 Å². The van der Waals surface area contributed by atoms with Crippen LogP contribution in [0.2, 0.25) is 0 Å². The van der Waals surface area contributed by atoms with Crippen molar-refractivity contribution in [3.63, 3.8) is 0 Å². The molecule has 0 bridgehead atoms. The predicted octanol–water partition coefficient (Wildman–Crippen LogP) is 4.23. The first-order valence-corrected chi connectivity index (χ1v) is 9.71. The van der Waals surface area contributed by atoms with Crippen LogP contribution in [0, 0.1) is 6.92 Å². The molecule has 0 saturated carbocycles. The molecule has 1 amide bonds. The molecule has 1 atom stereocenters. The van der Waals surface area contributed by atoms with Crippen LogP contribution in [0.25, 0.3) is 0 Å². The van der Waals surface area contributed by atoms with Crippen molar-refractivity contribution in [2.45, 2.75) is 52.6 Å². The van der Waals surface area contributed by atoms with Gasteiger partial charge >= 0.3 is 0 Å². The summed E-state index contributed by atoms with van der Waals surface area (Å²) in [5.41, 5.74) is 2.85. The molecule has 26 heavy (non-hydrogen) atoms. The summed E-state index contributed by atoms with van der Waals surface area (Å²) in [5.74, 6) is -0.133. The zero-order valence-electron chi connectivity index (χ0n) is 15.7. The van der Waals surface area contributed by atoms with E-state index in [4.69, 9.17) is 11.6 Å². The van der Waals surface area contributed by atoms with Crippen LogP contribution in [-0.4, -0.2) is 16.4 Å². The van der Waals surface area contributed by atoms with Gasteiger partial charge in [0.05, 0.1) is 6.04 Å². The molecule has 2 rings (SSSR count). The summed E-state index contributed by atoms with van der Waals surface area (Å²) in [5, 5.41) is 2.90. The van der Waals surface area contributed by atoms with Crippen LogP contribution in [0.15, 0.2) is 41.2 Å². The van der Waals surface area contributed by atoms with E-state index in [2.05, 4.69) is 12.2 Å². The fourth-order valence-corrected chi connectivity index (χ4v) is 3.42. The molecule has 140 valence electrons. The number of nitrogens with one attached hydrogen (secondary N) is 1. The Kier molecular flexibility index (Phi) is 7.46. The molecule has 2 aromatic rings. The fourth-order valence-electron chi connectivity index (χ4n) is 3.16. The lowest BCUT2D eigenvalue weighted by molar-refractivity contribution is 0.0938. The summed E-state index contributed by atoms with van der Waals surface area (Å²) >= 11 is 6.05. The molecule has 0 aliphatic rings. The van der Waals surface area contributed by atoms with Crippen LogP contribution in [0.4, 0.5) is 0 Å². The first-order chi connectivity index (χ1) is 12.5. The summed E-state index contributed by atoms with van der Waals surface area (Å²) in [6, 6.07) is 10.9. The van der Waals surface area contributed by atoms with Crippen LogP contribution in [0.1, 0.15) is 59.9 Å². The van der Waals surface area contributed by atoms with Crippen molar-refractivity contribution in [1.82, 2.24) is 9.88 Å².